The summed E-state index contributed by atoms with van der Waals surface area (Å²) in [6.45, 7) is 0.417. The predicted molar refractivity (Wildman–Crippen MR) is 87.9 cm³/mol. The smallest absolute Gasteiger partial charge is 0.267 e. The highest BCUT2D eigenvalue weighted by molar-refractivity contribution is 6.09. The third kappa shape index (κ3) is 2.27. The lowest BCUT2D eigenvalue weighted by atomic mass is 10.1. The minimum atomic E-state index is -1.12. The van der Waals surface area contributed by atoms with Crippen molar-refractivity contribution in [2.75, 3.05) is 5.32 Å². The number of carbonyl (C=O) groups is 1. The quantitative estimate of drug-likeness (QED) is 0.752. The number of para-hydroxylation sites is 1. The fraction of sp³-hybridized carbons (Fsp3) is 0.111. The molecule has 0 spiro atoms. The van der Waals surface area contributed by atoms with Gasteiger partial charge in [0.1, 0.15) is 11.3 Å². The first-order valence-electron chi connectivity index (χ1n) is 7.61. The van der Waals surface area contributed by atoms with Crippen LogP contribution in [0.3, 0.4) is 0 Å². The minimum absolute atomic E-state index is 0.0158. The molecule has 0 unspecified atom stereocenters. The number of benzene rings is 2. The van der Waals surface area contributed by atoms with Crippen LogP contribution in [-0.4, -0.2) is 15.6 Å². The SMILES string of the molecule is O=C(Nc1ccc(F)c(F)c1)c1c(O)c2cccc3c2n(c1=O)CC3. The molecule has 3 aromatic rings. The second-order valence-electron chi connectivity index (χ2n) is 5.83. The van der Waals surface area contributed by atoms with Crippen molar-refractivity contribution in [3.63, 3.8) is 0 Å². The molecule has 7 heteroatoms. The van der Waals surface area contributed by atoms with Crippen LogP contribution in [0.4, 0.5) is 14.5 Å². The number of aromatic hydroxyl groups is 1. The highest BCUT2D eigenvalue weighted by Gasteiger charge is 2.26. The van der Waals surface area contributed by atoms with Gasteiger partial charge >= 0.3 is 0 Å². The zero-order chi connectivity index (χ0) is 17.7. The summed E-state index contributed by atoms with van der Waals surface area (Å²) in [6.07, 6.45) is 0.639. The number of anilines is 1. The molecule has 1 aliphatic rings. The number of pyridine rings is 1. The lowest BCUT2D eigenvalue weighted by Crippen LogP contribution is -2.28. The fourth-order valence-corrected chi connectivity index (χ4v) is 3.19. The normalized spacial score (nSPS) is 12.6. The van der Waals surface area contributed by atoms with Crippen molar-refractivity contribution in [3.05, 3.63) is 69.5 Å². The lowest BCUT2D eigenvalue weighted by molar-refractivity contribution is 0.102. The average molecular weight is 342 g/mol. The Morgan fingerprint density at radius 1 is 1.16 bits per heavy atom. The summed E-state index contributed by atoms with van der Waals surface area (Å²) >= 11 is 0. The van der Waals surface area contributed by atoms with E-state index in [-0.39, 0.29) is 5.69 Å². The topological polar surface area (TPSA) is 71.3 Å². The van der Waals surface area contributed by atoms with Crippen molar-refractivity contribution in [1.29, 1.82) is 0 Å². The van der Waals surface area contributed by atoms with Gasteiger partial charge in [-0.05, 0) is 30.2 Å². The van der Waals surface area contributed by atoms with Gasteiger partial charge in [0.2, 0.25) is 0 Å². The Balaban J connectivity index is 1.83. The maximum absolute atomic E-state index is 13.3. The first-order valence-corrected chi connectivity index (χ1v) is 7.61. The summed E-state index contributed by atoms with van der Waals surface area (Å²) in [5.74, 6) is -3.47. The zero-order valence-corrected chi connectivity index (χ0v) is 12.8. The Bertz CT molecular complexity index is 1110. The number of aromatic nitrogens is 1. The monoisotopic (exact) mass is 342 g/mol. The second kappa shape index (κ2) is 5.41. The van der Waals surface area contributed by atoms with E-state index >= 15 is 0 Å². The molecule has 1 amide bonds. The van der Waals surface area contributed by atoms with E-state index in [0.717, 1.165) is 17.7 Å². The van der Waals surface area contributed by atoms with Crippen LogP contribution < -0.4 is 10.9 Å². The van der Waals surface area contributed by atoms with E-state index in [4.69, 9.17) is 0 Å². The Morgan fingerprint density at radius 2 is 1.96 bits per heavy atom. The van der Waals surface area contributed by atoms with Gasteiger partial charge in [-0.3, -0.25) is 9.59 Å². The van der Waals surface area contributed by atoms with Crippen LogP contribution in [0, 0.1) is 11.6 Å². The maximum Gasteiger partial charge on any atom is 0.267 e. The highest BCUT2D eigenvalue weighted by atomic mass is 19.2. The summed E-state index contributed by atoms with van der Waals surface area (Å²) in [4.78, 5) is 25.1. The first kappa shape index (κ1) is 15.3. The van der Waals surface area contributed by atoms with Crippen LogP contribution >= 0.6 is 0 Å². The van der Waals surface area contributed by atoms with E-state index in [0.29, 0.717) is 23.9 Å². The number of aryl methyl sites for hydroxylation is 2. The molecule has 0 fully saturated rings. The highest BCUT2D eigenvalue weighted by Crippen LogP contribution is 2.32. The molecule has 2 heterocycles. The molecule has 5 nitrogen and oxygen atoms in total. The first-order chi connectivity index (χ1) is 12.0. The van der Waals surface area contributed by atoms with E-state index in [1.54, 1.807) is 12.1 Å². The molecule has 0 aliphatic carbocycles. The van der Waals surface area contributed by atoms with E-state index < -0.39 is 34.4 Å². The lowest BCUT2D eigenvalue weighted by Gasteiger charge is -2.11. The molecule has 0 atom stereocenters. The number of hydrogen-bond donors (Lipinski definition) is 2. The molecule has 0 saturated carbocycles. The molecular formula is C18H12F2N2O3. The van der Waals surface area contributed by atoms with Gasteiger partial charge in [0.15, 0.2) is 11.6 Å². The summed E-state index contributed by atoms with van der Waals surface area (Å²) < 4.78 is 27.7. The van der Waals surface area contributed by atoms with Crippen molar-refractivity contribution in [2.24, 2.45) is 0 Å². The van der Waals surface area contributed by atoms with Gasteiger partial charge in [0.05, 0.1) is 5.52 Å². The molecule has 126 valence electrons. The molecular weight excluding hydrogens is 330 g/mol. The van der Waals surface area contributed by atoms with Crippen molar-refractivity contribution in [1.82, 2.24) is 4.57 Å². The average Bonchev–Trinajstić information content (AvgIpc) is 3.01. The predicted octanol–water partition coefficient (Wildman–Crippen LogP) is 2.79. The molecule has 1 aromatic heterocycles. The van der Waals surface area contributed by atoms with Gasteiger partial charge in [-0.1, -0.05) is 12.1 Å². The Kier molecular flexibility index (Phi) is 3.31. The maximum atomic E-state index is 13.3. The van der Waals surface area contributed by atoms with Crippen LogP contribution in [-0.2, 0) is 13.0 Å². The van der Waals surface area contributed by atoms with Gasteiger partial charge in [0.25, 0.3) is 11.5 Å². The summed E-state index contributed by atoms with van der Waals surface area (Å²) in [5.41, 5.74) is 0.496. The summed E-state index contributed by atoms with van der Waals surface area (Å²) in [6, 6.07) is 8.08. The van der Waals surface area contributed by atoms with Gasteiger partial charge in [-0.25, -0.2) is 8.78 Å². The molecule has 0 radical (unpaired) electrons. The van der Waals surface area contributed by atoms with E-state index in [9.17, 15) is 23.5 Å². The number of carbonyl (C=O) groups excluding carboxylic acids is 1. The van der Waals surface area contributed by atoms with Crippen LogP contribution in [0.5, 0.6) is 5.75 Å². The Labute approximate surface area is 140 Å². The van der Waals surface area contributed by atoms with Gasteiger partial charge in [0, 0.05) is 23.7 Å². The number of nitrogens with zero attached hydrogens (tertiary/aromatic N) is 1. The second-order valence-corrected chi connectivity index (χ2v) is 5.83. The van der Waals surface area contributed by atoms with Gasteiger partial charge < -0.3 is 15.0 Å². The fourth-order valence-electron chi connectivity index (χ4n) is 3.19. The Morgan fingerprint density at radius 3 is 2.72 bits per heavy atom. The molecule has 1 aliphatic heterocycles. The third-order valence-electron chi connectivity index (χ3n) is 4.35. The third-order valence-corrected chi connectivity index (χ3v) is 4.35. The number of halogens is 2. The Hall–Kier alpha value is -3.22. The minimum Gasteiger partial charge on any atom is -0.506 e. The molecule has 4 rings (SSSR count). The molecule has 2 aromatic carbocycles. The van der Waals surface area contributed by atoms with Gasteiger partial charge in [-0.2, -0.15) is 0 Å². The van der Waals surface area contributed by atoms with E-state index in [1.807, 2.05) is 6.07 Å². The number of rotatable bonds is 2. The molecule has 0 bridgehead atoms. The van der Waals surface area contributed by atoms with Crippen molar-refractivity contribution in [3.8, 4) is 5.75 Å². The summed E-state index contributed by atoms with van der Waals surface area (Å²) in [7, 11) is 0. The zero-order valence-electron chi connectivity index (χ0n) is 12.8. The molecule has 0 saturated heterocycles. The number of hydrogen-bond acceptors (Lipinski definition) is 3. The van der Waals surface area contributed by atoms with Crippen LogP contribution in [0.15, 0.2) is 41.2 Å². The van der Waals surface area contributed by atoms with Crippen LogP contribution in [0.1, 0.15) is 15.9 Å². The van der Waals surface area contributed by atoms with Crippen molar-refractivity contribution in [2.45, 2.75) is 13.0 Å². The largest absolute Gasteiger partial charge is 0.506 e. The van der Waals surface area contributed by atoms with Crippen molar-refractivity contribution >= 4 is 22.5 Å². The molecule has 25 heavy (non-hydrogen) atoms. The molecule has 2 N–H and O–H groups in total. The summed E-state index contributed by atoms with van der Waals surface area (Å²) in [5, 5.41) is 13.2. The van der Waals surface area contributed by atoms with Crippen molar-refractivity contribution < 1.29 is 18.7 Å². The van der Waals surface area contributed by atoms with Gasteiger partial charge in [-0.15, -0.1) is 0 Å². The number of amides is 1. The number of nitrogens with one attached hydrogen (secondary N) is 1. The van der Waals surface area contributed by atoms with Crippen LogP contribution in [0.2, 0.25) is 0 Å². The standard InChI is InChI=1S/C18H12F2N2O3/c19-12-5-4-10(8-13(12)20)21-17(24)14-16(23)11-3-1-2-9-6-7-22(15(9)11)18(14)25/h1-5,8,23H,6-7H2,(H,21,24). The van der Waals surface area contributed by atoms with E-state index in [1.165, 1.54) is 10.6 Å². The van der Waals surface area contributed by atoms with Crippen LogP contribution in [0.25, 0.3) is 10.9 Å². The van der Waals surface area contributed by atoms with E-state index in [2.05, 4.69) is 5.32 Å².